The second-order valence-electron chi connectivity index (χ2n) is 4.70. The smallest absolute Gasteiger partial charge is 0.275 e. The zero-order valence-electron chi connectivity index (χ0n) is 12.2. The highest BCUT2D eigenvalue weighted by atomic mass is 16.5. The fraction of sp³-hybridized carbons (Fsp3) is 0.429. The standard InChI is InChI=1S/C14H19N5O2/c1-3-4-5-6-15-12-8-11(16-9-17-12)14(20)18-13-7-10(2)21-19-13/h7-9H,3-6H2,1-2H3,(H,15,16,17)(H,18,19,20). The summed E-state index contributed by atoms with van der Waals surface area (Å²) < 4.78 is 4.89. The van der Waals surface area contributed by atoms with Crippen molar-refractivity contribution in [2.75, 3.05) is 17.2 Å². The van der Waals surface area contributed by atoms with Gasteiger partial charge in [-0.15, -0.1) is 0 Å². The fourth-order valence-corrected chi connectivity index (χ4v) is 1.78. The van der Waals surface area contributed by atoms with Crippen LogP contribution in [0.4, 0.5) is 11.6 Å². The van der Waals surface area contributed by atoms with Crippen LogP contribution in [0, 0.1) is 6.92 Å². The van der Waals surface area contributed by atoms with Crippen molar-refractivity contribution in [3.05, 3.63) is 29.9 Å². The number of aromatic nitrogens is 3. The van der Waals surface area contributed by atoms with Crippen LogP contribution in [-0.2, 0) is 0 Å². The summed E-state index contributed by atoms with van der Waals surface area (Å²) >= 11 is 0. The Morgan fingerprint density at radius 2 is 2.10 bits per heavy atom. The second kappa shape index (κ2) is 7.37. The molecule has 0 spiro atoms. The van der Waals surface area contributed by atoms with Crippen LogP contribution in [0.1, 0.15) is 42.4 Å². The van der Waals surface area contributed by atoms with Gasteiger partial charge >= 0.3 is 0 Å². The van der Waals surface area contributed by atoms with Crippen LogP contribution in [0.5, 0.6) is 0 Å². The lowest BCUT2D eigenvalue weighted by molar-refractivity contribution is 0.102. The minimum absolute atomic E-state index is 0.281. The number of aryl methyl sites for hydroxylation is 1. The quantitative estimate of drug-likeness (QED) is 0.761. The number of nitrogens with one attached hydrogen (secondary N) is 2. The number of carbonyl (C=O) groups is 1. The van der Waals surface area contributed by atoms with Crippen molar-refractivity contribution in [3.63, 3.8) is 0 Å². The number of anilines is 2. The zero-order valence-corrected chi connectivity index (χ0v) is 12.2. The lowest BCUT2D eigenvalue weighted by Gasteiger charge is -2.06. The summed E-state index contributed by atoms with van der Waals surface area (Å²) in [4.78, 5) is 20.1. The van der Waals surface area contributed by atoms with E-state index in [-0.39, 0.29) is 11.6 Å². The zero-order chi connectivity index (χ0) is 15.1. The number of nitrogens with zero attached hydrogens (tertiary/aromatic N) is 3. The largest absolute Gasteiger partial charge is 0.370 e. The third kappa shape index (κ3) is 4.55. The van der Waals surface area contributed by atoms with E-state index in [0.717, 1.165) is 25.8 Å². The molecule has 112 valence electrons. The van der Waals surface area contributed by atoms with E-state index in [9.17, 15) is 4.79 Å². The van der Waals surface area contributed by atoms with E-state index in [1.165, 1.54) is 6.33 Å². The predicted molar refractivity (Wildman–Crippen MR) is 79.2 cm³/mol. The van der Waals surface area contributed by atoms with Gasteiger partial charge in [-0.2, -0.15) is 0 Å². The summed E-state index contributed by atoms with van der Waals surface area (Å²) in [7, 11) is 0. The van der Waals surface area contributed by atoms with E-state index in [4.69, 9.17) is 4.52 Å². The molecular weight excluding hydrogens is 270 g/mol. The normalized spacial score (nSPS) is 10.4. The Bertz CT molecular complexity index is 597. The second-order valence-corrected chi connectivity index (χ2v) is 4.70. The van der Waals surface area contributed by atoms with E-state index in [1.807, 2.05) is 0 Å². The third-order valence-electron chi connectivity index (χ3n) is 2.86. The first kappa shape index (κ1) is 15.0. The summed E-state index contributed by atoms with van der Waals surface area (Å²) in [5.41, 5.74) is 0.281. The van der Waals surface area contributed by atoms with Crippen molar-refractivity contribution in [1.82, 2.24) is 15.1 Å². The molecule has 2 rings (SSSR count). The van der Waals surface area contributed by atoms with E-state index in [2.05, 4.69) is 32.7 Å². The highest BCUT2D eigenvalue weighted by Gasteiger charge is 2.11. The molecule has 21 heavy (non-hydrogen) atoms. The van der Waals surface area contributed by atoms with Crippen LogP contribution in [0.15, 0.2) is 23.0 Å². The Labute approximate surface area is 123 Å². The maximum Gasteiger partial charge on any atom is 0.275 e. The van der Waals surface area contributed by atoms with Crippen molar-refractivity contribution in [2.24, 2.45) is 0 Å². The Kier molecular flexibility index (Phi) is 5.25. The molecule has 2 aromatic rings. The molecule has 0 aromatic carbocycles. The van der Waals surface area contributed by atoms with Gasteiger partial charge in [-0.05, 0) is 13.3 Å². The van der Waals surface area contributed by atoms with E-state index < -0.39 is 0 Å². The number of rotatable bonds is 7. The van der Waals surface area contributed by atoms with Crippen LogP contribution < -0.4 is 10.6 Å². The maximum absolute atomic E-state index is 12.0. The average Bonchev–Trinajstić information content (AvgIpc) is 2.89. The van der Waals surface area contributed by atoms with Gasteiger partial charge in [-0.25, -0.2) is 9.97 Å². The number of hydrogen-bond donors (Lipinski definition) is 2. The predicted octanol–water partition coefficient (Wildman–Crippen LogP) is 2.63. The number of carbonyl (C=O) groups excluding carboxylic acids is 1. The summed E-state index contributed by atoms with van der Waals surface area (Å²) in [6.45, 7) is 4.73. The van der Waals surface area contributed by atoms with Crippen molar-refractivity contribution >= 4 is 17.5 Å². The Balaban J connectivity index is 1.94. The maximum atomic E-state index is 12.0. The molecule has 0 radical (unpaired) electrons. The molecule has 0 fully saturated rings. The van der Waals surface area contributed by atoms with Crippen molar-refractivity contribution < 1.29 is 9.32 Å². The molecule has 0 saturated carbocycles. The minimum atomic E-state index is -0.345. The topological polar surface area (TPSA) is 92.9 Å². The monoisotopic (exact) mass is 289 g/mol. The molecule has 0 bridgehead atoms. The highest BCUT2D eigenvalue weighted by Crippen LogP contribution is 2.10. The number of unbranched alkanes of at least 4 members (excludes halogenated alkanes) is 2. The molecule has 0 saturated heterocycles. The van der Waals surface area contributed by atoms with Crippen LogP contribution in [0.2, 0.25) is 0 Å². The first-order valence-electron chi connectivity index (χ1n) is 6.99. The van der Waals surface area contributed by atoms with Gasteiger partial charge in [0.2, 0.25) is 0 Å². The van der Waals surface area contributed by atoms with Crippen molar-refractivity contribution in [3.8, 4) is 0 Å². The van der Waals surface area contributed by atoms with Crippen LogP contribution >= 0.6 is 0 Å². The highest BCUT2D eigenvalue weighted by molar-refractivity contribution is 6.02. The molecule has 0 aliphatic carbocycles. The molecule has 2 heterocycles. The number of hydrogen-bond acceptors (Lipinski definition) is 6. The SMILES string of the molecule is CCCCCNc1cc(C(=O)Nc2cc(C)on2)ncn1. The fourth-order valence-electron chi connectivity index (χ4n) is 1.78. The molecule has 2 aromatic heterocycles. The van der Waals surface area contributed by atoms with Crippen LogP contribution in [-0.4, -0.2) is 27.6 Å². The molecule has 1 amide bonds. The van der Waals surface area contributed by atoms with Crippen LogP contribution in [0.25, 0.3) is 0 Å². The van der Waals surface area contributed by atoms with Gasteiger partial charge in [0.1, 0.15) is 23.6 Å². The Morgan fingerprint density at radius 1 is 1.24 bits per heavy atom. The molecule has 7 heteroatoms. The molecule has 2 N–H and O–H groups in total. The Hall–Kier alpha value is -2.44. The lowest BCUT2D eigenvalue weighted by atomic mass is 10.2. The van der Waals surface area contributed by atoms with Gasteiger partial charge in [-0.1, -0.05) is 24.9 Å². The summed E-state index contributed by atoms with van der Waals surface area (Å²) in [5, 5.41) is 9.51. The van der Waals surface area contributed by atoms with E-state index in [1.54, 1.807) is 19.1 Å². The average molecular weight is 289 g/mol. The van der Waals surface area contributed by atoms with E-state index in [0.29, 0.717) is 17.4 Å². The summed E-state index contributed by atoms with van der Waals surface area (Å²) in [6.07, 6.45) is 4.76. The molecule has 7 nitrogen and oxygen atoms in total. The molecular formula is C14H19N5O2. The minimum Gasteiger partial charge on any atom is -0.370 e. The van der Waals surface area contributed by atoms with Gasteiger partial charge in [0.15, 0.2) is 5.82 Å². The van der Waals surface area contributed by atoms with Gasteiger partial charge < -0.3 is 15.2 Å². The molecule has 0 aliphatic rings. The molecule has 0 atom stereocenters. The van der Waals surface area contributed by atoms with E-state index >= 15 is 0 Å². The summed E-state index contributed by atoms with van der Waals surface area (Å²) in [5.74, 6) is 1.30. The third-order valence-corrected chi connectivity index (χ3v) is 2.86. The molecule has 0 aliphatic heterocycles. The van der Waals surface area contributed by atoms with Crippen molar-refractivity contribution in [1.29, 1.82) is 0 Å². The van der Waals surface area contributed by atoms with Gasteiger partial charge in [-0.3, -0.25) is 4.79 Å². The number of amides is 1. The Morgan fingerprint density at radius 3 is 2.81 bits per heavy atom. The first-order chi connectivity index (χ1) is 10.2. The lowest BCUT2D eigenvalue weighted by Crippen LogP contribution is -2.15. The van der Waals surface area contributed by atoms with Crippen molar-refractivity contribution in [2.45, 2.75) is 33.1 Å². The summed E-state index contributed by atoms with van der Waals surface area (Å²) in [6, 6.07) is 3.26. The van der Waals surface area contributed by atoms with Crippen LogP contribution in [0.3, 0.4) is 0 Å². The first-order valence-corrected chi connectivity index (χ1v) is 6.99. The van der Waals surface area contributed by atoms with Gasteiger partial charge in [0, 0.05) is 18.7 Å². The van der Waals surface area contributed by atoms with Gasteiger partial charge in [0.25, 0.3) is 5.91 Å². The van der Waals surface area contributed by atoms with Gasteiger partial charge in [0.05, 0.1) is 0 Å². The molecule has 0 unspecified atom stereocenters.